The van der Waals surface area contributed by atoms with Crippen LogP contribution in [0.4, 0.5) is 0 Å². The van der Waals surface area contributed by atoms with E-state index in [1.807, 2.05) is 0 Å². The van der Waals surface area contributed by atoms with Gasteiger partial charge < -0.3 is 5.11 Å². The summed E-state index contributed by atoms with van der Waals surface area (Å²) in [5, 5.41) is 9.01. The third-order valence-corrected chi connectivity index (χ3v) is 1.66. The lowest BCUT2D eigenvalue weighted by Crippen LogP contribution is -1.95. The minimum Gasteiger partial charge on any atom is -0.478 e. The number of hydrogen-bond acceptors (Lipinski definition) is 1. The number of halogens is 1. The van der Waals surface area contributed by atoms with Gasteiger partial charge in [0.05, 0.1) is 5.56 Å². The highest BCUT2D eigenvalue weighted by Gasteiger charge is 2.03. The largest absolute Gasteiger partial charge is 0.478 e. The number of carboxylic acid groups (broad SMARTS) is 1. The Hall–Kier alpha value is -1.02. The molecule has 1 N–H and O–H groups in total. The molecule has 57 valence electrons. The topological polar surface area (TPSA) is 37.3 Å². The first-order valence-corrected chi connectivity index (χ1v) is 3.34. The van der Waals surface area contributed by atoms with Gasteiger partial charge in [-0.05, 0) is 30.7 Å². The fourth-order valence-corrected chi connectivity index (χ4v) is 0.825. The normalized spacial score (nSPS) is 9.64. The van der Waals surface area contributed by atoms with Gasteiger partial charge in [0, 0.05) is 5.02 Å². The van der Waals surface area contributed by atoms with E-state index >= 15 is 0 Å². The lowest BCUT2D eigenvalue weighted by Gasteiger charge is -1.97. The van der Waals surface area contributed by atoms with Gasteiger partial charge in [0.1, 0.15) is 0 Å². The van der Waals surface area contributed by atoms with E-state index in [1.165, 1.54) is 18.2 Å². The van der Waals surface area contributed by atoms with E-state index in [1.54, 1.807) is 0 Å². The highest BCUT2D eigenvalue weighted by atomic mass is 35.5. The average molecular weight is 170 g/mol. The van der Waals surface area contributed by atoms with Crippen LogP contribution in [0.2, 0.25) is 5.02 Å². The van der Waals surface area contributed by atoms with Crippen molar-refractivity contribution in [1.29, 1.82) is 0 Å². The summed E-state index contributed by atoms with van der Waals surface area (Å²) in [5.41, 5.74) is 0.742. The van der Waals surface area contributed by atoms with Crippen LogP contribution in [0.15, 0.2) is 18.2 Å². The molecule has 0 aliphatic rings. The minimum absolute atomic E-state index is 0.208. The van der Waals surface area contributed by atoms with E-state index in [9.17, 15) is 4.79 Å². The maximum atomic E-state index is 10.4. The molecule has 0 fully saturated rings. The summed E-state index contributed by atoms with van der Waals surface area (Å²) in [6.45, 7) is 3.57. The molecular formula is C8H6ClO2. The Labute approximate surface area is 69.4 Å². The van der Waals surface area contributed by atoms with E-state index in [0.717, 1.165) is 0 Å². The number of benzene rings is 1. The zero-order valence-electron chi connectivity index (χ0n) is 5.67. The van der Waals surface area contributed by atoms with Crippen LogP contribution in [0.5, 0.6) is 0 Å². The second-order valence-electron chi connectivity index (χ2n) is 2.11. The Morgan fingerprint density at radius 1 is 1.55 bits per heavy atom. The van der Waals surface area contributed by atoms with Gasteiger partial charge in [0.15, 0.2) is 0 Å². The molecule has 2 nitrogen and oxygen atoms in total. The Morgan fingerprint density at radius 3 is 2.64 bits per heavy atom. The zero-order chi connectivity index (χ0) is 8.43. The molecule has 0 heterocycles. The first kappa shape index (κ1) is 8.08. The summed E-state index contributed by atoms with van der Waals surface area (Å²) in [6, 6.07) is 4.40. The van der Waals surface area contributed by atoms with Crippen molar-refractivity contribution in [2.75, 3.05) is 0 Å². The SMILES string of the molecule is [CH2]c1cc(C(=O)O)ccc1Cl. The van der Waals surface area contributed by atoms with Crippen molar-refractivity contribution in [3.8, 4) is 0 Å². The second-order valence-corrected chi connectivity index (χ2v) is 2.52. The van der Waals surface area contributed by atoms with Gasteiger partial charge in [0.2, 0.25) is 0 Å². The predicted octanol–water partition coefficient (Wildman–Crippen LogP) is 2.22. The summed E-state index contributed by atoms with van der Waals surface area (Å²) in [4.78, 5) is 10.4. The molecule has 0 aliphatic heterocycles. The molecule has 0 atom stereocenters. The van der Waals surface area contributed by atoms with Crippen molar-refractivity contribution in [3.05, 3.63) is 41.3 Å². The average Bonchev–Trinajstić information content (AvgIpc) is 1.94. The van der Waals surface area contributed by atoms with E-state index in [2.05, 4.69) is 6.92 Å². The van der Waals surface area contributed by atoms with Gasteiger partial charge in [-0.1, -0.05) is 11.6 Å². The molecule has 1 radical (unpaired) electrons. The van der Waals surface area contributed by atoms with Crippen molar-refractivity contribution in [3.63, 3.8) is 0 Å². The Bertz CT molecular complexity index is 294. The highest BCUT2D eigenvalue weighted by Crippen LogP contribution is 2.15. The smallest absolute Gasteiger partial charge is 0.335 e. The maximum absolute atomic E-state index is 10.4. The van der Waals surface area contributed by atoms with Crippen molar-refractivity contribution in [2.24, 2.45) is 0 Å². The lowest BCUT2D eigenvalue weighted by molar-refractivity contribution is 0.0697. The molecule has 1 aromatic carbocycles. The quantitative estimate of drug-likeness (QED) is 0.700. The van der Waals surface area contributed by atoms with Crippen LogP contribution in [0.1, 0.15) is 15.9 Å². The molecule has 0 aromatic heterocycles. The van der Waals surface area contributed by atoms with Crippen LogP contribution in [0.25, 0.3) is 0 Å². The van der Waals surface area contributed by atoms with Crippen LogP contribution in [0.3, 0.4) is 0 Å². The Morgan fingerprint density at radius 2 is 2.18 bits per heavy atom. The van der Waals surface area contributed by atoms with Gasteiger partial charge in [-0.15, -0.1) is 0 Å². The minimum atomic E-state index is -0.966. The molecule has 0 saturated heterocycles. The summed E-state index contributed by atoms with van der Waals surface area (Å²) < 4.78 is 0. The molecule has 3 heteroatoms. The van der Waals surface area contributed by atoms with Crippen LogP contribution in [0, 0.1) is 6.92 Å². The van der Waals surface area contributed by atoms with Crippen molar-refractivity contribution < 1.29 is 9.90 Å². The zero-order valence-corrected chi connectivity index (χ0v) is 6.43. The number of aromatic carboxylic acids is 1. The van der Waals surface area contributed by atoms with Crippen molar-refractivity contribution >= 4 is 17.6 Å². The van der Waals surface area contributed by atoms with Crippen LogP contribution < -0.4 is 0 Å². The Kier molecular flexibility index (Phi) is 2.15. The third-order valence-electron chi connectivity index (χ3n) is 1.29. The van der Waals surface area contributed by atoms with Gasteiger partial charge in [-0.3, -0.25) is 0 Å². The molecule has 0 spiro atoms. The van der Waals surface area contributed by atoms with Gasteiger partial charge in [-0.25, -0.2) is 4.79 Å². The standard InChI is InChI=1S/C8H6ClO2/c1-5-4-6(8(10)11)2-3-7(5)9/h2-4H,1H2,(H,10,11). The van der Waals surface area contributed by atoms with Crippen molar-refractivity contribution in [1.82, 2.24) is 0 Å². The fraction of sp³-hybridized carbons (Fsp3) is 0. The number of hydrogen-bond donors (Lipinski definition) is 1. The molecule has 1 rings (SSSR count). The molecule has 0 aliphatic carbocycles. The van der Waals surface area contributed by atoms with E-state index in [-0.39, 0.29) is 5.56 Å². The molecular weight excluding hydrogens is 164 g/mol. The molecule has 1 aromatic rings. The van der Waals surface area contributed by atoms with Gasteiger partial charge >= 0.3 is 5.97 Å². The summed E-state index contributed by atoms with van der Waals surface area (Å²) in [5.74, 6) is -0.966. The molecule has 11 heavy (non-hydrogen) atoms. The number of carbonyl (C=O) groups is 1. The maximum Gasteiger partial charge on any atom is 0.335 e. The third kappa shape index (κ3) is 1.71. The van der Waals surface area contributed by atoms with E-state index in [0.29, 0.717) is 10.6 Å². The lowest BCUT2D eigenvalue weighted by atomic mass is 10.1. The van der Waals surface area contributed by atoms with Crippen LogP contribution >= 0.6 is 11.6 Å². The van der Waals surface area contributed by atoms with Gasteiger partial charge in [-0.2, -0.15) is 0 Å². The second kappa shape index (κ2) is 2.93. The van der Waals surface area contributed by atoms with Crippen LogP contribution in [-0.4, -0.2) is 11.1 Å². The van der Waals surface area contributed by atoms with E-state index < -0.39 is 5.97 Å². The molecule has 0 unspecified atom stereocenters. The summed E-state index contributed by atoms with van der Waals surface area (Å²) in [6.07, 6.45) is 0. The molecule has 0 saturated carbocycles. The summed E-state index contributed by atoms with van der Waals surface area (Å²) in [7, 11) is 0. The fourth-order valence-electron chi connectivity index (χ4n) is 0.708. The summed E-state index contributed by atoms with van der Waals surface area (Å²) >= 11 is 5.63. The first-order valence-electron chi connectivity index (χ1n) is 2.96. The predicted molar refractivity (Wildman–Crippen MR) is 42.9 cm³/mol. The number of rotatable bonds is 1. The monoisotopic (exact) mass is 169 g/mol. The number of carboxylic acids is 1. The van der Waals surface area contributed by atoms with Crippen molar-refractivity contribution in [2.45, 2.75) is 0 Å². The molecule has 0 bridgehead atoms. The molecule has 0 amide bonds. The first-order chi connectivity index (χ1) is 5.11. The van der Waals surface area contributed by atoms with E-state index in [4.69, 9.17) is 16.7 Å². The highest BCUT2D eigenvalue weighted by molar-refractivity contribution is 6.31. The van der Waals surface area contributed by atoms with Crippen LogP contribution in [-0.2, 0) is 0 Å². The Balaban J connectivity index is 3.15. The van der Waals surface area contributed by atoms with Gasteiger partial charge in [0.25, 0.3) is 0 Å².